The van der Waals surface area contributed by atoms with Crippen LogP contribution in [0.2, 0.25) is 0 Å². The molecule has 1 heterocycles. The third-order valence-electron chi connectivity index (χ3n) is 4.06. The van der Waals surface area contributed by atoms with Gasteiger partial charge in [-0.3, -0.25) is 4.90 Å². The van der Waals surface area contributed by atoms with Crippen LogP contribution in [0.3, 0.4) is 0 Å². The first-order valence-corrected chi connectivity index (χ1v) is 7.84. The van der Waals surface area contributed by atoms with Crippen LogP contribution in [0.15, 0.2) is 28.7 Å². The lowest BCUT2D eigenvalue weighted by atomic mass is 9.95. The van der Waals surface area contributed by atoms with E-state index in [1.807, 2.05) is 6.07 Å². The second-order valence-corrected chi connectivity index (χ2v) is 6.20. The molecule has 1 fully saturated rings. The zero-order chi connectivity index (χ0) is 13.8. The predicted molar refractivity (Wildman–Crippen MR) is 82.0 cm³/mol. The van der Waals surface area contributed by atoms with Gasteiger partial charge in [-0.25, -0.2) is 0 Å². The summed E-state index contributed by atoms with van der Waals surface area (Å²) in [4.78, 5) is 2.38. The Morgan fingerprint density at radius 1 is 1.53 bits per heavy atom. The first-order valence-electron chi connectivity index (χ1n) is 7.05. The average Bonchev–Trinajstić information content (AvgIpc) is 2.87. The fourth-order valence-corrected chi connectivity index (χ4v) is 3.44. The van der Waals surface area contributed by atoms with E-state index in [0.29, 0.717) is 0 Å². The van der Waals surface area contributed by atoms with Gasteiger partial charge in [0, 0.05) is 16.6 Å². The standard InChI is InChI=1S/C15H23BrN2O/c1-2-14(17)15(11-5-3-6-12(16)9-11)18-8-4-7-13(18)10-19/h3,5-6,9,13-15,19H,2,4,7-8,10,17H2,1H3. The van der Waals surface area contributed by atoms with Crippen molar-refractivity contribution in [3.8, 4) is 0 Å². The van der Waals surface area contributed by atoms with Crippen LogP contribution < -0.4 is 5.73 Å². The largest absolute Gasteiger partial charge is 0.395 e. The fourth-order valence-electron chi connectivity index (χ4n) is 3.02. The normalized spacial score (nSPS) is 23.5. The number of hydrogen-bond acceptors (Lipinski definition) is 3. The van der Waals surface area contributed by atoms with Gasteiger partial charge in [-0.15, -0.1) is 0 Å². The number of benzene rings is 1. The lowest BCUT2D eigenvalue weighted by Crippen LogP contribution is -2.44. The molecule has 0 spiro atoms. The molecule has 3 nitrogen and oxygen atoms in total. The number of likely N-dealkylation sites (tertiary alicyclic amines) is 1. The van der Waals surface area contributed by atoms with Crippen molar-refractivity contribution in [2.45, 2.75) is 44.3 Å². The van der Waals surface area contributed by atoms with Crippen molar-refractivity contribution < 1.29 is 5.11 Å². The summed E-state index contributed by atoms with van der Waals surface area (Å²) in [6.07, 6.45) is 3.15. The molecule has 1 aromatic rings. The van der Waals surface area contributed by atoms with E-state index in [0.717, 1.165) is 30.3 Å². The summed E-state index contributed by atoms with van der Waals surface area (Å²) in [7, 11) is 0. The van der Waals surface area contributed by atoms with Gasteiger partial charge < -0.3 is 10.8 Å². The van der Waals surface area contributed by atoms with Gasteiger partial charge in [0.1, 0.15) is 0 Å². The summed E-state index contributed by atoms with van der Waals surface area (Å²) in [5.41, 5.74) is 7.60. The van der Waals surface area contributed by atoms with Gasteiger partial charge in [0.25, 0.3) is 0 Å². The molecule has 1 aliphatic heterocycles. The molecule has 19 heavy (non-hydrogen) atoms. The maximum Gasteiger partial charge on any atom is 0.0587 e. The van der Waals surface area contributed by atoms with Gasteiger partial charge in [0.05, 0.1) is 12.6 Å². The van der Waals surface area contributed by atoms with E-state index in [1.54, 1.807) is 0 Å². The third kappa shape index (κ3) is 3.37. The molecule has 0 aliphatic carbocycles. The number of halogens is 1. The number of hydrogen-bond donors (Lipinski definition) is 2. The molecule has 3 unspecified atom stereocenters. The molecule has 0 radical (unpaired) electrons. The van der Waals surface area contributed by atoms with Crippen LogP contribution in [-0.4, -0.2) is 35.2 Å². The first-order chi connectivity index (χ1) is 9.17. The van der Waals surface area contributed by atoms with Crippen LogP contribution in [0, 0.1) is 0 Å². The summed E-state index contributed by atoms with van der Waals surface area (Å²) in [5, 5.41) is 9.55. The SMILES string of the molecule is CCC(N)C(c1cccc(Br)c1)N1CCCC1CO. The van der Waals surface area contributed by atoms with Crippen molar-refractivity contribution in [1.82, 2.24) is 4.90 Å². The Balaban J connectivity index is 2.30. The number of aliphatic hydroxyl groups excluding tert-OH is 1. The predicted octanol–water partition coefficient (Wildman–Crippen LogP) is 2.68. The van der Waals surface area contributed by atoms with Crippen LogP contribution in [-0.2, 0) is 0 Å². The lowest BCUT2D eigenvalue weighted by Gasteiger charge is -2.36. The van der Waals surface area contributed by atoms with Crippen molar-refractivity contribution in [3.63, 3.8) is 0 Å². The van der Waals surface area contributed by atoms with Gasteiger partial charge >= 0.3 is 0 Å². The van der Waals surface area contributed by atoms with E-state index in [2.05, 4.69) is 46.0 Å². The lowest BCUT2D eigenvalue weighted by molar-refractivity contribution is 0.104. The monoisotopic (exact) mass is 326 g/mol. The van der Waals surface area contributed by atoms with Gasteiger partial charge in [-0.05, 0) is 43.5 Å². The van der Waals surface area contributed by atoms with Gasteiger partial charge in [-0.2, -0.15) is 0 Å². The topological polar surface area (TPSA) is 49.5 Å². The molecule has 0 bridgehead atoms. The van der Waals surface area contributed by atoms with Crippen molar-refractivity contribution >= 4 is 15.9 Å². The molecule has 3 atom stereocenters. The van der Waals surface area contributed by atoms with Crippen LogP contribution in [0.25, 0.3) is 0 Å². The van der Waals surface area contributed by atoms with E-state index >= 15 is 0 Å². The van der Waals surface area contributed by atoms with Gasteiger partial charge in [-0.1, -0.05) is 35.0 Å². The van der Waals surface area contributed by atoms with Crippen molar-refractivity contribution in [2.75, 3.05) is 13.2 Å². The minimum absolute atomic E-state index is 0.0986. The molecule has 1 aliphatic rings. The number of nitrogens with two attached hydrogens (primary N) is 1. The average molecular weight is 327 g/mol. The Labute approximate surface area is 123 Å². The molecule has 106 valence electrons. The Hall–Kier alpha value is -0.420. The first kappa shape index (κ1) is 15.0. The number of nitrogens with zero attached hydrogens (tertiary/aromatic N) is 1. The smallest absolute Gasteiger partial charge is 0.0587 e. The van der Waals surface area contributed by atoms with Crippen molar-refractivity contribution in [3.05, 3.63) is 34.3 Å². The van der Waals surface area contributed by atoms with E-state index in [9.17, 15) is 5.11 Å². The summed E-state index contributed by atoms with van der Waals surface area (Å²) >= 11 is 3.53. The molecular formula is C15H23BrN2O. The Bertz CT molecular complexity index is 413. The molecule has 0 amide bonds. The molecule has 4 heteroatoms. The third-order valence-corrected chi connectivity index (χ3v) is 4.55. The molecule has 0 saturated carbocycles. The molecule has 1 saturated heterocycles. The minimum atomic E-state index is 0.0986. The summed E-state index contributed by atoms with van der Waals surface area (Å²) in [6, 6.07) is 8.92. The van der Waals surface area contributed by atoms with Gasteiger partial charge in [0.2, 0.25) is 0 Å². The van der Waals surface area contributed by atoms with E-state index in [-0.39, 0.29) is 24.7 Å². The van der Waals surface area contributed by atoms with Gasteiger partial charge in [0.15, 0.2) is 0 Å². The zero-order valence-electron chi connectivity index (χ0n) is 11.4. The second kappa shape index (κ2) is 6.84. The van der Waals surface area contributed by atoms with Crippen molar-refractivity contribution in [1.29, 1.82) is 0 Å². The Morgan fingerprint density at radius 3 is 2.95 bits per heavy atom. The maximum absolute atomic E-state index is 9.55. The zero-order valence-corrected chi connectivity index (χ0v) is 13.0. The van der Waals surface area contributed by atoms with E-state index in [4.69, 9.17) is 5.73 Å². The maximum atomic E-state index is 9.55. The minimum Gasteiger partial charge on any atom is -0.395 e. The Morgan fingerprint density at radius 2 is 2.32 bits per heavy atom. The molecular weight excluding hydrogens is 304 g/mol. The molecule has 1 aromatic carbocycles. The highest BCUT2D eigenvalue weighted by atomic mass is 79.9. The van der Waals surface area contributed by atoms with Crippen LogP contribution in [0.4, 0.5) is 0 Å². The summed E-state index contributed by atoms with van der Waals surface area (Å²) < 4.78 is 1.08. The number of aliphatic hydroxyl groups is 1. The summed E-state index contributed by atoms with van der Waals surface area (Å²) in [5.74, 6) is 0. The summed E-state index contributed by atoms with van der Waals surface area (Å²) in [6.45, 7) is 3.37. The van der Waals surface area contributed by atoms with Crippen LogP contribution >= 0.6 is 15.9 Å². The van der Waals surface area contributed by atoms with Crippen molar-refractivity contribution in [2.24, 2.45) is 5.73 Å². The molecule has 2 rings (SSSR count). The molecule has 3 N–H and O–H groups in total. The second-order valence-electron chi connectivity index (χ2n) is 5.29. The van der Waals surface area contributed by atoms with Crippen LogP contribution in [0.1, 0.15) is 37.8 Å². The Kier molecular flexibility index (Phi) is 5.39. The van der Waals surface area contributed by atoms with E-state index in [1.165, 1.54) is 5.56 Å². The highest BCUT2D eigenvalue weighted by Gasteiger charge is 2.33. The highest BCUT2D eigenvalue weighted by Crippen LogP contribution is 2.33. The van der Waals surface area contributed by atoms with Crippen LogP contribution in [0.5, 0.6) is 0 Å². The molecule has 0 aromatic heterocycles. The highest BCUT2D eigenvalue weighted by molar-refractivity contribution is 9.10. The van der Waals surface area contributed by atoms with E-state index < -0.39 is 0 Å². The quantitative estimate of drug-likeness (QED) is 0.874. The fraction of sp³-hybridized carbons (Fsp3) is 0.600. The number of rotatable bonds is 5.